The first-order valence-electron chi connectivity index (χ1n) is 9.40. The first-order valence-corrected chi connectivity index (χ1v) is 9.78. The van der Waals surface area contributed by atoms with Gasteiger partial charge in [0.15, 0.2) is 0 Å². The topological polar surface area (TPSA) is 87.1 Å². The molecule has 3 aromatic rings. The molecule has 1 atom stereocenters. The van der Waals surface area contributed by atoms with Crippen molar-refractivity contribution in [1.29, 1.82) is 0 Å². The molecule has 4 rings (SSSR count). The van der Waals surface area contributed by atoms with Crippen LogP contribution in [0.15, 0.2) is 78.4 Å². The average molecular weight is 436 g/mol. The minimum atomic E-state index is -0.910. The third kappa shape index (κ3) is 3.73. The molecule has 0 radical (unpaired) electrons. The number of phenols is 1. The Morgan fingerprint density at radius 2 is 1.71 bits per heavy atom. The van der Waals surface area contributed by atoms with Crippen molar-refractivity contribution in [3.8, 4) is 11.5 Å². The van der Waals surface area contributed by atoms with E-state index in [0.717, 1.165) is 0 Å². The second-order valence-electron chi connectivity index (χ2n) is 6.97. The quantitative estimate of drug-likeness (QED) is 0.353. The van der Waals surface area contributed by atoms with Gasteiger partial charge in [-0.25, -0.2) is 0 Å². The van der Waals surface area contributed by atoms with Crippen LogP contribution in [0.25, 0.3) is 5.76 Å². The number of hydrogen-bond acceptors (Lipinski definition) is 5. The Hall–Kier alpha value is -3.77. The Kier molecular flexibility index (Phi) is 5.40. The van der Waals surface area contributed by atoms with Crippen molar-refractivity contribution in [2.45, 2.75) is 6.04 Å². The van der Waals surface area contributed by atoms with Crippen molar-refractivity contribution in [3.05, 3.63) is 94.5 Å². The van der Waals surface area contributed by atoms with Crippen LogP contribution in [0.2, 0.25) is 5.02 Å². The summed E-state index contributed by atoms with van der Waals surface area (Å²) in [6.45, 7) is 0. The van der Waals surface area contributed by atoms with Crippen LogP contribution < -0.4 is 9.64 Å². The second-order valence-corrected chi connectivity index (χ2v) is 7.41. The molecule has 1 unspecified atom stereocenters. The van der Waals surface area contributed by atoms with E-state index in [1.54, 1.807) is 54.6 Å². The molecular weight excluding hydrogens is 418 g/mol. The maximum Gasteiger partial charge on any atom is 0.300 e. The van der Waals surface area contributed by atoms with E-state index in [2.05, 4.69) is 0 Å². The van der Waals surface area contributed by atoms with Gasteiger partial charge in [0.05, 0.1) is 18.7 Å². The minimum Gasteiger partial charge on any atom is -0.508 e. The minimum absolute atomic E-state index is 0.0388. The highest BCUT2D eigenvalue weighted by atomic mass is 35.5. The van der Waals surface area contributed by atoms with Gasteiger partial charge in [0, 0.05) is 22.3 Å². The molecule has 1 saturated heterocycles. The molecule has 31 heavy (non-hydrogen) atoms. The van der Waals surface area contributed by atoms with Gasteiger partial charge >= 0.3 is 0 Å². The fourth-order valence-corrected chi connectivity index (χ4v) is 3.81. The zero-order valence-corrected chi connectivity index (χ0v) is 17.2. The molecule has 1 aliphatic rings. The summed E-state index contributed by atoms with van der Waals surface area (Å²) in [5.41, 5.74) is 1.23. The summed E-state index contributed by atoms with van der Waals surface area (Å²) in [7, 11) is 1.50. The van der Waals surface area contributed by atoms with Crippen LogP contribution in [0.5, 0.6) is 11.5 Å². The molecule has 156 valence electrons. The number of amides is 1. The van der Waals surface area contributed by atoms with Crippen LogP contribution >= 0.6 is 11.6 Å². The molecule has 1 heterocycles. The van der Waals surface area contributed by atoms with Gasteiger partial charge in [0.2, 0.25) is 0 Å². The maximum absolute atomic E-state index is 13.1. The summed E-state index contributed by atoms with van der Waals surface area (Å²) < 4.78 is 5.26. The molecule has 6 nitrogen and oxygen atoms in total. The summed E-state index contributed by atoms with van der Waals surface area (Å²) in [5, 5.41) is 21.1. The Balaban J connectivity index is 1.95. The fraction of sp³-hybridized carbons (Fsp3) is 0.0833. The van der Waals surface area contributed by atoms with Crippen molar-refractivity contribution in [3.63, 3.8) is 0 Å². The highest BCUT2D eigenvalue weighted by Gasteiger charge is 2.47. The molecule has 7 heteroatoms. The van der Waals surface area contributed by atoms with E-state index in [9.17, 15) is 19.8 Å². The van der Waals surface area contributed by atoms with Crippen molar-refractivity contribution >= 4 is 34.7 Å². The van der Waals surface area contributed by atoms with Crippen LogP contribution in [0.4, 0.5) is 5.69 Å². The third-order valence-corrected chi connectivity index (χ3v) is 5.32. The predicted octanol–water partition coefficient (Wildman–Crippen LogP) is 4.68. The van der Waals surface area contributed by atoms with Gasteiger partial charge in [0.1, 0.15) is 17.3 Å². The number of anilines is 1. The zero-order chi connectivity index (χ0) is 22.1. The van der Waals surface area contributed by atoms with E-state index in [4.69, 9.17) is 16.3 Å². The normalized spacial score (nSPS) is 17.7. The SMILES string of the molecule is COc1cccc(N2C(=O)C(=O)/C(=C(/O)c3cccc(Cl)c3)C2c2ccc(O)cc2)c1. The van der Waals surface area contributed by atoms with Gasteiger partial charge in [-0.1, -0.05) is 41.9 Å². The summed E-state index contributed by atoms with van der Waals surface area (Å²) in [4.78, 5) is 27.5. The molecule has 0 aliphatic carbocycles. The fourth-order valence-electron chi connectivity index (χ4n) is 3.62. The number of hydrogen-bond donors (Lipinski definition) is 2. The van der Waals surface area contributed by atoms with Crippen molar-refractivity contribution in [2.24, 2.45) is 0 Å². The number of rotatable bonds is 4. The number of methoxy groups -OCH3 is 1. The van der Waals surface area contributed by atoms with E-state index >= 15 is 0 Å². The number of aliphatic hydroxyl groups is 1. The first kappa shape index (κ1) is 20.5. The molecule has 1 fully saturated rings. The van der Waals surface area contributed by atoms with Gasteiger partial charge in [-0.05, 0) is 42.0 Å². The van der Waals surface area contributed by atoms with E-state index < -0.39 is 17.7 Å². The van der Waals surface area contributed by atoms with Crippen LogP contribution in [-0.2, 0) is 9.59 Å². The average Bonchev–Trinajstić information content (AvgIpc) is 3.04. The lowest BCUT2D eigenvalue weighted by Gasteiger charge is -2.25. The number of Topliss-reactive ketones (excluding diaryl/α,β-unsaturated/α-hetero) is 1. The van der Waals surface area contributed by atoms with Crippen LogP contribution in [0.1, 0.15) is 17.2 Å². The Morgan fingerprint density at radius 3 is 2.39 bits per heavy atom. The number of halogens is 1. The number of carbonyl (C=O) groups excluding carboxylic acids is 2. The number of ether oxygens (including phenoxy) is 1. The van der Waals surface area contributed by atoms with Gasteiger partial charge < -0.3 is 14.9 Å². The highest BCUT2D eigenvalue weighted by Crippen LogP contribution is 2.43. The van der Waals surface area contributed by atoms with E-state index in [0.29, 0.717) is 27.6 Å². The van der Waals surface area contributed by atoms with Crippen molar-refractivity contribution < 1.29 is 24.5 Å². The summed E-state index contributed by atoms with van der Waals surface area (Å²) in [5.74, 6) is -1.38. The predicted molar refractivity (Wildman–Crippen MR) is 117 cm³/mol. The number of aliphatic hydroxyl groups excluding tert-OH is 1. The maximum atomic E-state index is 13.1. The molecule has 0 aromatic heterocycles. The van der Waals surface area contributed by atoms with Crippen molar-refractivity contribution in [2.75, 3.05) is 12.0 Å². The Bertz CT molecular complexity index is 1200. The van der Waals surface area contributed by atoms with Gasteiger partial charge in [-0.3, -0.25) is 14.5 Å². The largest absolute Gasteiger partial charge is 0.508 e. The molecule has 2 N–H and O–H groups in total. The first-order chi connectivity index (χ1) is 14.9. The number of phenolic OH excluding ortho intramolecular Hbond substituents is 1. The molecule has 0 saturated carbocycles. The van der Waals surface area contributed by atoms with E-state index in [1.165, 1.54) is 30.2 Å². The molecule has 0 bridgehead atoms. The number of carbonyl (C=O) groups is 2. The third-order valence-electron chi connectivity index (χ3n) is 5.08. The van der Waals surface area contributed by atoms with Gasteiger partial charge in [-0.15, -0.1) is 0 Å². The number of nitrogens with zero attached hydrogens (tertiary/aromatic N) is 1. The lowest BCUT2D eigenvalue weighted by atomic mass is 9.95. The monoisotopic (exact) mass is 435 g/mol. The lowest BCUT2D eigenvalue weighted by Crippen LogP contribution is -2.29. The van der Waals surface area contributed by atoms with E-state index in [-0.39, 0.29) is 17.1 Å². The van der Waals surface area contributed by atoms with Crippen LogP contribution in [-0.4, -0.2) is 29.0 Å². The van der Waals surface area contributed by atoms with E-state index in [1.807, 2.05) is 0 Å². The highest BCUT2D eigenvalue weighted by molar-refractivity contribution is 6.51. The molecular formula is C24H18ClNO5. The molecule has 1 aliphatic heterocycles. The Labute approximate surface area is 183 Å². The van der Waals surface area contributed by atoms with Crippen molar-refractivity contribution in [1.82, 2.24) is 0 Å². The second kappa shape index (κ2) is 8.16. The molecule has 0 spiro atoms. The smallest absolute Gasteiger partial charge is 0.300 e. The number of aromatic hydroxyl groups is 1. The van der Waals surface area contributed by atoms with Crippen LogP contribution in [0, 0.1) is 0 Å². The Morgan fingerprint density at radius 1 is 1.00 bits per heavy atom. The van der Waals surface area contributed by atoms with Gasteiger partial charge in [-0.2, -0.15) is 0 Å². The summed E-state index contributed by atoms with van der Waals surface area (Å²) in [6, 6.07) is 18.4. The molecule has 3 aromatic carbocycles. The number of ketones is 1. The summed E-state index contributed by atoms with van der Waals surface area (Å²) >= 11 is 6.05. The standard InChI is InChI=1S/C24H18ClNO5/c1-31-19-7-3-6-17(13-19)26-21(14-8-10-18(27)11-9-14)20(23(29)24(26)30)22(28)15-4-2-5-16(25)12-15/h2-13,21,27-28H,1H3/b22-20+. The van der Waals surface area contributed by atoms with Crippen LogP contribution in [0.3, 0.4) is 0 Å². The zero-order valence-electron chi connectivity index (χ0n) is 16.4. The number of benzene rings is 3. The van der Waals surface area contributed by atoms with Gasteiger partial charge in [0.25, 0.3) is 11.7 Å². The summed E-state index contributed by atoms with van der Waals surface area (Å²) in [6.07, 6.45) is 0. The molecule has 1 amide bonds. The lowest BCUT2D eigenvalue weighted by molar-refractivity contribution is -0.132.